The minimum atomic E-state index is -0.649. The zero-order valence-corrected chi connectivity index (χ0v) is 19.8. The summed E-state index contributed by atoms with van der Waals surface area (Å²) in [6.45, 7) is 2.72. The SMILES string of the molecule is Nc1cc(N2CCN(C(=O)NC3CCCCN(C(=O)C4CC4)C3=O)CC2)c2ccc(Cl)cc2n1. The Morgan fingerprint density at radius 2 is 1.79 bits per heavy atom. The third kappa shape index (κ3) is 4.61. The van der Waals surface area contributed by atoms with Gasteiger partial charge in [0, 0.05) is 60.8 Å². The van der Waals surface area contributed by atoms with Gasteiger partial charge < -0.3 is 20.9 Å². The van der Waals surface area contributed by atoms with Gasteiger partial charge >= 0.3 is 6.03 Å². The molecule has 0 spiro atoms. The number of urea groups is 1. The number of likely N-dealkylation sites (tertiary alicyclic amines) is 1. The summed E-state index contributed by atoms with van der Waals surface area (Å²) in [4.78, 5) is 48.2. The standard InChI is InChI=1S/C24H29ClN6O3/c25-16-6-7-17-19(13-16)27-21(26)14-20(17)29-9-11-30(12-10-29)24(34)28-18-3-1-2-8-31(23(18)33)22(32)15-4-5-15/h6-7,13-15,18H,1-5,8-12H2,(H2,26,27)(H,28,34). The fraction of sp³-hybridized carbons (Fsp3) is 0.500. The number of fused-ring (bicyclic) bond motifs is 1. The van der Waals surface area contributed by atoms with Crippen molar-refractivity contribution >= 4 is 51.9 Å². The first-order chi connectivity index (χ1) is 16.4. The monoisotopic (exact) mass is 484 g/mol. The van der Waals surface area contributed by atoms with Crippen molar-refractivity contribution in [3.05, 3.63) is 29.3 Å². The highest BCUT2D eigenvalue weighted by atomic mass is 35.5. The highest BCUT2D eigenvalue weighted by molar-refractivity contribution is 6.31. The van der Waals surface area contributed by atoms with E-state index in [-0.39, 0.29) is 23.8 Å². The van der Waals surface area contributed by atoms with Gasteiger partial charge in [0.2, 0.25) is 5.91 Å². The molecule has 3 heterocycles. The molecular weight excluding hydrogens is 456 g/mol. The molecule has 3 aliphatic rings. The van der Waals surface area contributed by atoms with Crippen molar-refractivity contribution in [2.75, 3.05) is 43.4 Å². The third-order valence-corrected chi connectivity index (χ3v) is 7.09. The van der Waals surface area contributed by atoms with Gasteiger partial charge in [0.25, 0.3) is 5.91 Å². The van der Waals surface area contributed by atoms with Gasteiger partial charge in [-0.05, 0) is 50.3 Å². The summed E-state index contributed by atoms with van der Waals surface area (Å²) >= 11 is 6.12. The number of anilines is 2. The zero-order chi connectivity index (χ0) is 23.8. The first kappa shape index (κ1) is 22.7. The van der Waals surface area contributed by atoms with Crippen LogP contribution in [0.4, 0.5) is 16.3 Å². The van der Waals surface area contributed by atoms with Gasteiger partial charge in [-0.1, -0.05) is 11.6 Å². The highest BCUT2D eigenvalue weighted by Crippen LogP contribution is 2.32. The number of nitrogens with two attached hydrogens (primary N) is 1. The molecule has 2 aromatic rings. The van der Waals surface area contributed by atoms with Gasteiger partial charge in [0.1, 0.15) is 11.9 Å². The molecule has 0 radical (unpaired) electrons. The van der Waals surface area contributed by atoms with E-state index in [0.717, 1.165) is 42.3 Å². The lowest BCUT2D eigenvalue weighted by atomic mass is 10.1. The lowest BCUT2D eigenvalue weighted by molar-refractivity contribution is -0.146. The number of benzene rings is 1. The van der Waals surface area contributed by atoms with Crippen LogP contribution in [-0.2, 0) is 9.59 Å². The van der Waals surface area contributed by atoms with Gasteiger partial charge in [0.15, 0.2) is 0 Å². The van der Waals surface area contributed by atoms with E-state index in [1.54, 1.807) is 11.0 Å². The number of nitrogens with zero attached hydrogens (tertiary/aromatic N) is 4. The molecule has 1 unspecified atom stereocenters. The Labute approximate surface area is 203 Å². The number of pyridine rings is 1. The minimum Gasteiger partial charge on any atom is -0.384 e. The van der Waals surface area contributed by atoms with Crippen molar-refractivity contribution in [3.63, 3.8) is 0 Å². The molecule has 1 atom stereocenters. The van der Waals surface area contributed by atoms with Crippen LogP contribution < -0.4 is 16.0 Å². The first-order valence-electron chi connectivity index (χ1n) is 11.9. The highest BCUT2D eigenvalue weighted by Gasteiger charge is 2.39. The first-order valence-corrected chi connectivity index (χ1v) is 12.3. The van der Waals surface area contributed by atoms with Crippen LogP contribution in [0.1, 0.15) is 32.1 Å². The second-order valence-electron chi connectivity index (χ2n) is 9.30. The molecular formula is C24H29ClN6O3. The van der Waals surface area contributed by atoms with E-state index in [0.29, 0.717) is 50.0 Å². The molecule has 3 N–H and O–H groups in total. The van der Waals surface area contributed by atoms with Gasteiger partial charge in [0.05, 0.1) is 5.52 Å². The number of carbonyl (C=O) groups is 3. The molecule has 4 amide bonds. The van der Waals surface area contributed by atoms with Crippen molar-refractivity contribution in [3.8, 4) is 0 Å². The molecule has 2 aliphatic heterocycles. The smallest absolute Gasteiger partial charge is 0.318 e. The predicted octanol–water partition coefficient (Wildman–Crippen LogP) is 2.62. The van der Waals surface area contributed by atoms with E-state index in [1.807, 2.05) is 18.2 Å². The van der Waals surface area contributed by atoms with Crippen LogP contribution in [0.2, 0.25) is 5.02 Å². The number of piperazine rings is 1. The average molecular weight is 485 g/mol. The molecule has 180 valence electrons. The van der Waals surface area contributed by atoms with Crippen molar-refractivity contribution in [2.24, 2.45) is 5.92 Å². The van der Waals surface area contributed by atoms with Crippen LogP contribution in [-0.4, -0.2) is 71.4 Å². The number of halogens is 1. The summed E-state index contributed by atoms with van der Waals surface area (Å²) in [5, 5.41) is 4.46. The Balaban J connectivity index is 1.23. The number of amides is 4. The molecule has 1 aliphatic carbocycles. The van der Waals surface area contributed by atoms with Crippen molar-refractivity contribution in [2.45, 2.75) is 38.1 Å². The Morgan fingerprint density at radius 1 is 1.03 bits per heavy atom. The molecule has 9 nitrogen and oxygen atoms in total. The maximum Gasteiger partial charge on any atom is 0.318 e. The number of imide groups is 1. The van der Waals surface area contributed by atoms with Crippen LogP contribution in [0.25, 0.3) is 10.9 Å². The summed E-state index contributed by atoms with van der Waals surface area (Å²) in [5.41, 5.74) is 7.73. The second kappa shape index (κ2) is 9.29. The number of aromatic nitrogens is 1. The van der Waals surface area contributed by atoms with Crippen LogP contribution in [0.15, 0.2) is 24.3 Å². The van der Waals surface area contributed by atoms with Gasteiger partial charge in [-0.2, -0.15) is 0 Å². The molecule has 3 fully saturated rings. The Bertz CT molecular complexity index is 1120. The van der Waals surface area contributed by atoms with Gasteiger partial charge in [-0.15, -0.1) is 0 Å². The van der Waals surface area contributed by atoms with E-state index < -0.39 is 6.04 Å². The summed E-state index contributed by atoms with van der Waals surface area (Å²) in [5.74, 6) is 0.0617. The lowest BCUT2D eigenvalue weighted by Gasteiger charge is -2.37. The number of nitrogens with one attached hydrogen (secondary N) is 1. The summed E-state index contributed by atoms with van der Waals surface area (Å²) in [6.07, 6.45) is 3.86. The van der Waals surface area contributed by atoms with E-state index >= 15 is 0 Å². The molecule has 2 saturated heterocycles. The van der Waals surface area contributed by atoms with E-state index in [4.69, 9.17) is 17.3 Å². The van der Waals surface area contributed by atoms with Crippen LogP contribution in [0, 0.1) is 5.92 Å². The normalized spacial score (nSPS) is 21.5. The maximum atomic E-state index is 13.0. The van der Waals surface area contributed by atoms with Crippen LogP contribution in [0.3, 0.4) is 0 Å². The lowest BCUT2D eigenvalue weighted by Crippen LogP contribution is -2.56. The molecule has 34 heavy (non-hydrogen) atoms. The quantitative estimate of drug-likeness (QED) is 0.648. The molecule has 5 rings (SSSR count). The second-order valence-corrected chi connectivity index (χ2v) is 9.74. The van der Waals surface area contributed by atoms with Crippen LogP contribution >= 0.6 is 11.6 Å². The van der Waals surface area contributed by atoms with Crippen LogP contribution in [0.5, 0.6) is 0 Å². The molecule has 1 saturated carbocycles. The number of rotatable bonds is 3. The summed E-state index contributed by atoms with van der Waals surface area (Å²) < 4.78 is 0. The van der Waals surface area contributed by atoms with E-state index in [9.17, 15) is 14.4 Å². The fourth-order valence-corrected chi connectivity index (χ4v) is 4.97. The predicted molar refractivity (Wildman–Crippen MR) is 131 cm³/mol. The van der Waals surface area contributed by atoms with Crippen molar-refractivity contribution in [1.29, 1.82) is 0 Å². The van der Waals surface area contributed by atoms with E-state index in [1.165, 1.54) is 4.90 Å². The fourth-order valence-electron chi connectivity index (χ4n) is 4.80. The molecule has 0 bridgehead atoms. The molecule has 10 heteroatoms. The molecule has 1 aromatic heterocycles. The van der Waals surface area contributed by atoms with Gasteiger partial charge in [-0.25, -0.2) is 9.78 Å². The number of hydrogen-bond donors (Lipinski definition) is 2. The summed E-state index contributed by atoms with van der Waals surface area (Å²) in [7, 11) is 0. The number of nitrogen functional groups attached to an aromatic ring is 1. The Hall–Kier alpha value is -3.07. The third-order valence-electron chi connectivity index (χ3n) is 6.86. The maximum absolute atomic E-state index is 13.0. The number of hydrogen-bond acceptors (Lipinski definition) is 6. The Kier molecular flexibility index (Phi) is 6.20. The minimum absolute atomic E-state index is 0.0131. The zero-order valence-electron chi connectivity index (χ0n) is 19.0. The van der Waals surface area contributed by atoms with Gasteiger partial charge in [-0.3, -0.25) is 14.5 Å². The largest absolute Gasteiger partial charge is 0.384 e. The molecule has 1 aromatic carbocycles. The van der Waals surface area contributed by atoms with Crippen molar-refractivity contribution < 1.29 is 14.4 Å². The number of carbonyl (C=O) groups excluding carboxylic acids is 3. The average Bonchev–Trinajstić information content (AvgIpc) is 3.68. The topological polar surface area (TPSA) is 112 Å². The Morgan fingerprint density at radius 3 is 2.53 bits per heavy atom. The van der Waals surface area contributed by atoms with E-state index in [2.05, 4.69) is 15.2 Å². The summed E-state index contributed by atoms with van der Waals surface area (Å²) in [6, 6.07) is 6.50. The van der Waals surface area contributed by atoms with Crippen molar-refractivity contribution in [1.82, 2.24) is 20.1 Å².